The Morgan fingerprint density at radius 2 is 1.95 bits per heavy atom. The van der Waals surface area contributed by atoms with Gasteiger partial charge in [0.1, 0.15) is 5.82 Å². The highest BCUT2D eigenvalue weighted by molar-refractivity contribution is 5.15. The average molecular weight is 271 g/mol. The van der Waals surface area contributed by atoms with Crippen molar-refractivity contribution in [3.05, 3.63) is 63.8 Å². The third kappa shape index (κ3) is 4.63. The van der Waals surface area contributed by atoms with Crippen molar-refractivity contribution in [3.63, 3.8) is 0 Å². The lowest BCUT2D eigenvalue weighted by atomic mass is 10.1. The fourth-order valence-electron chi connectivity index (χ4n) is 1.99. The fourth-order valence-corrected chi connectivity index (χ4v) is 1.99. The maximum Gasteiger partial charge on any atom is 0.251 e. The highest BCUT2D eigenvalue weighted by Crippen LogP contribution is 2.03. The molecule has 0 amide bonds. The Balaban J connectivity index is 2.02. The number of aromatic amines is 1. The summed E-state index contributed by atoms with van der Waals surface area (Å²) in [6.07, 6.45) is 1.62. The summed E-state index contributed by atoms with van der Waals surface area (Å²) >= 11 is 0. The van der Waals surface area contributed by atoms with Crippen LogP contribution >= 0.6 is 0 Å². The molecule has 0 aliphatic carbocycles. The second-order valence-electron chi connectivity index (χ2n) is 5.20. The minimum Gasteiger partial charge on any atom is -0.311 e. The summed E-state index contributed by atoms with van der Waals surface area (Å²) in [6.45, 7) is 4.77. The number of hydrogen-bond donors (Lipinski definition) is 2. The van der Waals surface area contributed by atoms with E-state index in [-0.39, 0.29) is 5.56 Å². The van der Waals surface area contributed by atoms with Crippen LogP contribution in [-0.4, -0.2) is 16.0 Å². The first kappa shape index (κ1) is 14.5. The molecule has 106 valence electrons. The molecule has 1 heterocycles. The van der Waals surface area contributed by atoms with Crippen LogP contribution < -0.4 is 10.9 Å². The normalized spacial score (nSPS) is 10.9. The summed E-state index contributed by atoms with van der Waals surface area (Å²) in [5.41, 5.74) is 1.97. The predicted molar refractivity (Wildman–Crippen MR) is 80.7 cm³/mol. The van der Waals surface area contributed by atoms with Gasteiger partial charge in [0, 0.05) is 25.1 Å². The molecule has 0 bridgehead atoms. The molecule has 0 unspecified atom stereocenters. The first-order valence-corrected chi connectivity index (χ1v) is 7.00. The highest BCUT2D eigenvalue weighted by atomic mass is 16.1. The van der Waals surface area contributed by atoms with Gasteiger partial charge in [-0.2, -0.15) is 0 Å². The van der Waals surface area contributed by atoms with Crippen molar-refractivity contribution in [2.24, 2.45) is 0 Å². The molecule has 2 rings (SSSR count). The van der Waals surface area contributed by atoms with Gasteiger partial charge in [-0.15, -0.1) is 0 Å². The Morgan fingerprint density at radius 3 is 2.65 bits per heavy atom. The maximum atomic E-state index is 11.6. The molecule has 0 saturated heterocycles. The molecule has 1 aromatic carbocycles. The molecule has 0 aliphatic heterocycles. The van der Waals surface area contributed by atoms with E-state index in [9.17, 15) is 4.79 Å². The smallest absolute Gasteiger partial charge is 0.251 e. The van der Waals surface area contributed by atoms with Gasteiger partial charge in [-0.25, -0.2) is 4.98 Å². The number of aromatic nitrogens is 2. The summed E-state index contributed by atoms with van der Waals surface area (Å²) in [5, 5.41) is 3.27. The third-order valence-electron chi connectivity index (χ3n) is 3.03. The molecule has 0 radical (unpaired) electrons. The van der Waals surface area contributed by atoms with Gasteiger partial charge >= 0.3 is 0 Å². The second-order valence-corrected chi connectivity index (χ2v) is 5.20. The molecular weight excluding hydrogens is 250 g/mol. The van der Waals surface area contributed by atoms with E-state index in [4.69, 9.17) is 0 Å². The zero-order valence-electron chi connectivity index (χ0n) is 12.0. The maximum absolute atomic E-state index is 11.6. The molecule has 2 aromatic rings. The first-order valence-electron chi connectivity index (χ1n) is 7.00. The Labute approximate surface area is 119 Å². The monoisotopic (exact) mass is 271 g/mol. The van der Waals surface area contributed by atoms with Crippen LogP contribution in [0.3, 0.4) is 0 Å². The van der Waals surface area contributed by atoms with Crippen molar-refractivity contribution < 1.29 is 0 Å². The lowest BCUT2D eigenvalue weighted by Crippen LogP contribution is -2.24. The van der Waals surface area contributed by atoms with Crippen molar-refractivity contribution in [1.29, 1.82) is 0 Å². The molecule has 0 saturated carbocycles. The van der Waals surface area contributed by atoms with E-state index in [1.807, 2.05) is 18.2 Å². The Hall–Kier alpha value is -1.94. The summed E-state index contributed by atoms with van der Waals surface area (Å²) in [7, 11) is 0. The Bertz CT molecular complexity index is 590. The summed E-state index contributed by atoms with van der Waals surface area (Å²) in [4.78, 5) is 19.0. The van der Waals surface area contributed by atoms with E-state index < -0.39 is 0 Å². The molecule has 0 fully saturated rings. The fraction of sp³-hybridized carbons (Fsp3) is 0.375. The van der Waals surface area contributed by atoms with Crippen LogP contribution in [0.25, 0.3) is 0 Å². The van der Waals surface area contributed by atoms with Gasteiger partial charge in [0.15, 0.2) is 0 Å². The largest absolute Gasteiger partial charge is 0.311 e. The molecule has 1 aromatic heterocycles. The number of rotatable bonds is 6. The van der Waals surface area contributed by atoms with Gasteiger partial charge in [-0.1, -0.05) is 44.2 Å². The minimum absolute atomic E-state index is 0.0800. The van der Waals surface area contributed by atoms with E-state index in [2.05, 4.69) is 41.3 Å². The molecule has 2 N–H and O–H groups in total. The predicted octanol–water partition coefficient (Wildman–Crippen LogP) is 2.05. The molecule has 20 heavy (non-hydrogen) atoms. The van der Waals surface area contributed by atoms with Gasteiger partial charge < -0.3 is 10.3 Å². The zero-order chi connectivity index (χ0) is 14.4. The summed E-state index contributed by atoms with van der Waals surface area (Å²) in [5.74, 6) is 0.752. The second kappa shape index (κ2) is 7.01. The standard InChI is InChI=1S/C16H21N3O/c1-12(2)17-11-14-10-16(20)19-15(18-14)9-8-13-6-4-3-5-7-13/h3-7,10,12,17H,8-9,11H2,1-2H3,(H,18,19,20). The average Bonchev–Trinajstić information content (AvgIpc) is 2.44. The number of benzene rings is 1. The van der Waals surface area contributed by atoms with Gasteiger partial charge in [0.25, 0.3) is 5.56 Å². The van der Waals surface area contributed by atoms with Gasteiger partial charge in [-0.3, -0.25) is 4.79 Å². The van der Waals surface area contributed by atoms with E-state index in [1.54, 1.807) is 6.07 Å². The Morgan fingerprint density at radius 1 is 1.20 bits per heavy atom. The van der Waals surface area contributed by atoms with Gasteiger partial charge in [0.05, 0.1) is 5.69 Å². The highest BCUT2D eigenvalue weighted by Gasteiger charge is 2.03. The molecule has 0 atom stereocenters. The molecule has 0 spiro atoms. The summed E-state index contributed by atoms with van der Waals surface area (Å²) < 4.78 is 0. The van der Waals surface area contributed by atoms with Crippen molar-refractivity contribution in [3.8, 4) is 0 Å². The van der Waals surface area contributed by atoms with Crippen molar-refractivity contribution in [2.75, 3.05) is 0 Å². The Kier molecular flexibility index (Phi) is 5.07. The van der Waals surface area contributed by atoms with E-state index in [1.165, 1.54) is 5.56 Å². The third-order valence-corrected chi connectivity index (χ3v) is 3.03. The number of nitrogens with zero attached hydrogens (tertiary/aromatic N) is 1. The molecule has 4 heteroatoms. The van der Waals surface area contributed by atoms with Crippen LogP contribution in [0.15, 0.2) is 41.2 Å². The number of aryl methyl sites for hydroxylation is 2. The molecule has 4 nitrogen and oxygen atoms in total. The van der Waals surface area contributed by atoms with Crippen LogP contribution in [0.5, 0.6) is 0 Å². The van der Waals surface area contributed by atoms with E-state index in [0.29, 0.717) is 12.6 Å². The minimum atomic E-state index is -0.0800. The van der Waals surface area contributed by atoms with Crippen LogP contribution in [-0.2, 0) is 19.4 Å². The van der Waals surface area contributed by atoms with Crippen LogP contribution in [0.2, 0.25) is 0 Å². The number of H-pyrrole nitrogens is 1. The van der Waals surface area contributed by atoms with Crippen LogP contribution in [0, 0.1) is 0 Å². The van der Waals surface area contributed by atoms with Gasteiger partial charge in [-0.05, 0) is 12.0 Å². The topological polar surface area (TPSA) is 57.8 Å². The quantitative estimate of drug-likeness (QED) is 0.845. The lowest BCUT2D eigenvalue weighted by Gasteiger charge is -2.08. The van der Waals surface area contributed by atoms with Crippen molar-refractivity contribution in [1.82, 2.24) is 15.3 Å². The van der Waals surface area contributed by atoms with Crippen LogP contribution in [0.1, 0.15) is 30.9 Å². The van der Waals surface area contributed by atoms with Crippen molar-refractivity contribution >= 4 is 0 Å². The van der Waals surface area contributed by atoms with Crippen molar-refractivity contribution in [2.45, 2.75) is 39.3 Å². The van der Waals surface area contributed by atoms with E-state index >= 15 is 0 Å². The van der Waals surface area contributed by atoms with Gasteiger partial charge in [0.2, 0.25) is 0 Å². The van der Waals surface area contributed by atoms with E-state index in [0.717, 1.165) is 24.4 Å². The SMILES string of the molecule is CC(C)NCc1cc(=O)[nH]c(CCc2ccccc2)n1. The molecular formula is C16H21N3O. The number of hydrogen-bond acceptors (Lipinski definition) is 3. The first-order chi connectivity index (χ1) is 9.63. The van der Waals surface area contributed by atoms with Crippen LogP contribution in [0.4, 0.5) is 0 Å². The molecule has 0 aliphatic rings. The zero-order valence-corrected chi connectivity index (χ0v) is 12.0. The summed E-state index contributed by atoms with van der Waals surface area (Å²) in [6, 6.07) is 12.2. The number of nitrogens with one attached hydrogen (secondary N) is 2. The lowest BCUT2D eigenvalue weighted by molar-refractivity contribution is 0.578.